The van der Waals surface area contributed by atoms with Gasteiger partial charge in [-0.05, 0) is 25.7 Å². The van der Waals surface area contributed by atoms with Crippen LogP contribution < -0.4 is 0 Å². The zero-order valence-electron chi connectivity index (χ0n) is 8.85. The fourth-order valence-corrected chi connectivity index (χ4v) is 2.98. The molecule has 0 aliphatic carbocycles. The molecule has 0 aromatic rings. The summed E-state index contributed by atoms with van der Waals surface area (Å²) in [7, 11) is -3.08. The number of hydrogen-bond donors (Lipinski definition) is 1. The molecule has 0 amide bonds. The molecule has 1 atom stereocenters. The van der Waals surface area contributed by atoms with Gasteiger partial charge in [0.15, 0.2) is 0 Å². The second-order valence-electron chi connectivity index (χ2n) is 3.85. The lowest BCUT2D eigenvalue weighted by atomic mass is 10.0. The Bertz CT molecular complexity index is 325. The van der Waals surface area contributed by atoms with Crippen LogP contribution in [0.5, 0.6) is 0 Å². The molecule has 0 aromatic carbocycles. The molecule has 0 radical (unpaired) electrons. The first-order valence-corrected chi connectivity index (χ1v) is 6.76. The molecule has 1 heterocycles. The van der Waals surface area contributed by atoms with Gasteiger partial charge in [0, 0.05) is 19.5 Å². The van der Waals surface area contributed by atoms with E-state index in [4.69, 9.17) is 5.11 Å². The van der Waals surface area contributed by atoms with E-state index in [0.717, 1.165) is 6.42 Å². The van der Waals surface area contributed by atoms with Gasteiger partial charge in [0.1, 0.15) is 0 Å². The van der Waals surface area contributed by atoms with Crippen molar-refractivity contribution in [2.45, 2.75) is 26.2 Å². The Morgan fingerprint density at radius 3 is 2.73 bits per heavy atom. The lowest BCUT2D eigenvalue weighted by Gasteiger charge is -2.14. The van der Waals surface area contributed by atoms with Gasteiger partial charge < -0.3 is 5.11 Å². The van der Waals surface area contributed by atoms with Crippen LogP contribution in [0, 0.1) is 5.92 Å². The predicted molar refractivity (Wildman–Crippen MR) is 56.0 cm³/mol. The second-order valence-corrected chi connectivity index (χ2v) is 6.10. The van der Waals surface area contributed by atoms with Crippen LogP contribution in [0.1, 0.15) is 26.2 Å². The van der Waals surface area contributed by atoms with Crippen molar-refractivity contribution in [1.82, 2.24) is 4.31 Å². The number of nitrogens with zero attached hydrogens (tertiary/aromatic N) is 1. The quantitative estimate of drug-likeness (QED) is 0.754. The van der Waals surface area contributed by atoms with Crippen molar-refractivity contribution in [2.75, 3.05) is 18.8 Å². The maximum Gasteiger partial charge on any atom is 0.303 e. The third kappa shape index (κ3) is 3.46. The highest BCUT2D eigenvalue weighted by molar-refractivity contribution is 7.89. The molecule has 1 aliphatic rings. The fraction of sp³-hybridized carbons (Fsp3) is 0.889. The molecule has 1 N–H and O–H groups in total. The second kappa shape index (κ2) is 4.94. The zero-order chi connectivity index (χ0) is 11.5. The van der Waals surface area contributed by atoms with Crippen LogP contribution >= 0.6 is 0 Å². The van der Waals surface area contributed by atoms with Gasteiger partial charge in [-0.15, -0.1) is 0 Å². The molecule has 1 aliphatic heterocycles. The average molecular weight is 235 g/mol. The number of rotatable bonds is 5. The summed E-state index contributed by atoms with van der Waals surface area (Å²) >= 11 is 0. The van der Waals surface area contributed by atoms with Crippen LogP contribution in [0.15, 0.2) is 0 Å². The van der Waals surface area contributed by atoms with Gasteiger partial charge in [-0.1, -0.05) is 0 Å². The summed E-state index contributed by atoms with van der Waals surface area (Å²) in [6.45, 7) is 2.66. The molecule has 15 heavy (non-hydrogen) atoms. The van der Waals surface area contributed by atoms with Gasteiger partial charge in [-0.2, -0.15) is 0 Å². The van der Waals surface area contributed by atoms with E-state index in [2.05, 4.69) is 0 Å². The number of aliphatic carboxylic acids is 1. The summed E-state index contributed by atoms with van der Waals surface area (Å²) in [6, 6.07) is 0. The van der Waals surface area contributed by atoms with E-state index in [9.17, 15) is 13.2 Å². The molecule has 1 saturated heterocycles. The first-order chi connectivity index (χ1) is 6.95. The topological polar surface area (TPSA) is 74.7 Å². The molecule has 0 bridgehead atoms. The molecule has 88 valence electrons. The predicted octanol–water partition coefficient (Wildman–Crippen LogP) is 0.523. The third-order valence-electron chi connectivity index (χ3n) is 2.77. The van der Waals surface area contributed by atoms with E-state index in [1.807, 2.05) is 0 Å². The smallest absolute Gasteiger partial charge is 0.303 e. The molecule has 1 rings (SSSR count). The van der Waals surface area contributed by atoms with E-state index in [-0.39, 0.29) is 18.1 Å². The van der Waals surface area contributed by atoms with Crippen LogP contribution in [0.25, 0.3) is 0 Å². The molecule has 1 unspecified atom stereocenters. The highest BCUT2D eigenvalue weighted by atomic mass is 32.2. The SMILES string of the molecule is CCS(=O)(=O)N1CCC(CCC(=O)O)C1. The Morgan fingerprint density at radius 1 is 1.53 bits per heavy atom. The van der Waals surface area contributed by atoms with Crippen molar-refractivity contribution in [3.8, 4) is 0 Å². The molecule has 0 aromatic heterocycles. The first-order valence-electron chi connectivity index (χ1n) is 5.15. The Labute approximate surface area is 90.1 Å². The summed E-state index contributed by atoms with van der Waals surface area (Å²) in [5.41, 5.74) is 0. The van der Waals surface area contributed by atoms with E-state index in [0.29, 0.717) is 19.5 Å². The number of sulfonamides is 1. The highest BCUT2D eigenvalue weighted by Gasteiger charge is 2.29. The standard InChI is InChI=1S/C9H17NO4S/c1-2-15(13,14)10-6-5-8(7-10)3-4-9(11)12/h8H,2-7H2,1H3,(H,11,12). The lowest BCUT2D eigenvalue weighted by molar-refractivity contribution is -0.137. The summed E-state index contributed by atoms with van der Waals surface area (Å²) in [4.78, 5) is 10.4. The van der Waals surface area contributed by atoms with Crippen LogP contribution in [0.2, 0.25) is 0 Å². The summed E-state index contributed by atoms with van der Waals surface area (Å²) in [5.74, 6) is -0.479. The van der Waals surface area contributed by atoms with Crippen molar-refractivity contribution in [2.24, 2.45) is 5.92 Å². The number of carbonyl (C=O) groups is 1. The van der Waals surface area contributed by atoms with Crippen molar-refractivity contribution in [1.29, 1.82) is 0 Å². The molecular weight excluding hydrogens is 218 g/mol. The maximum absolute atomic E-state index is 11.5. The fourth-order valence-electron chi connectivity index (χ4n) is 1.80. The minimum Gasteiger partial charge on any atom is -0.481 e. The summed E-state index contributed by atoms with van der Waals surface area (Å²) in [5, 5.41) is 8.51. The van der Waals surface area contributed by atoms with Crippen LogP contribution in [-0.4, -0.2) is 42.6 Å². The molecule has 5 nitrogen and oxygen atoms in total. The van der Waals surface area contributed by atoms with Gasteiger partial charge in [0.2, 0.25) is 10.0 Å². The minimum absolute atomic E-state index is 0.124. The van der Waals surface area contributed by atoms with E-state index in [1.54, 1.807) is 6.92 Å². The Hall–Kier alpha value is -0.620. The molecule has 0 spiro atoms. The maximum atomic E-state index is 11.5. The first kappa shape index (κ1) is 12.4. The van der Waals surface area contributed by atoms with Crippen molar-refractivity contribution < 1.29 is 18.3 Å². The van der Waals surface area contributed by atoms with Crippen LogP contribution in [-0.2, 0) is 14.8 Å². The van der Waals surface area contributed by atoms with Gasteiger partial charge in [0.05, 0.1) is 5.75 Å². The van der Waals surface area contributed by atoms with E-state index >= 15 is 0 Å². The van der Waals surface area contributed by atoms with Gasteiger partial charge >= 0.3 is 5.97 Å². The van der Waals surface area contributed by atoms with E-state index in [1.165, 1.54) is 4.31 Å². The molecule has 1 fully saturated rings. The minimum atomic E-state index is -3.08. The largest absolute Gasteiger partial charge is 0.481 e. The number of hydrogen-bond acceptors (Lipinski definition) is 3. The lowest BCUT2D eigenvalue weighted by Crippen LogP contribution is -2.30. The normalized spacial score (nSPS) is 23.1. The zero-order valence-corrected chi connectivity index (χ0v) is 9.66. The van der Waals surface area contributed by atoms with E-state index < -0.39 is 16.0 Å². The highest BCUT2D eigenvalue weighted by Crippen LogP contribution is 2.23. The van der Waals surface area contributed by atoms with Crippen molar-refractivity contribution in [3.05, 3.63) is 0 Å². The molecule has 0 saturated carbocycles. The van der Waals surface area contributed by atoms with Crippen molar-refractivity contribution in [3.63, 3.8) is 0 Å². The van der Waals surface area contributed by atoms with Crippen LogP contribution in [0.4, 0.5) is 0 Å². The number of carboxylic acid groups (broad SMARTS) is 1. The summed E-state index contributed by atoms with van der Waals surface area (Å²) in [6.07, 6.45) is 1.49. The van der Waals surface area contributed by atoms with Gasteiger partial charge in [-0.3, -0.25) is 4.79 Å². The Balaban J connectivity index is 2.43. The Kier molecular flexibility index (Phi) is 4.10. The van der Waals surface area contributed by atoms with Gasteiger partial charge in [0.25, 0.3) is 0 Å². The monoisotopic (exact) mass is 235 g/mol. The Morgan fingerprint density at radius 2 is 2.20 bits per heavy atom. The average Bonchev–Trinajstić information content (AvgIpc) is 2.63. The molecular formula is C9H17NO4S. The molecule has 6 heteroatoms. The van der Waals surface area contributed by atoms with Crippen molar-refractivity contribution >= 4 is 16.0 Å². The van der Waals surface area contributed by atoms with Gasteiger partial charge in [-0.25, -0.2) is 12.7 Å². The third-order valence-corrected chi connectivity index (χ3v) is 4.62. The summed E-state index contributed by atoms with van der Waals surface area (Å²) < 4.78 is 24.5. The number of carboxylic acids is 1. The van der Waals surface area contributed by atoms with Crippen LogP contribution in [0.3, 0.4) is 0 Å².